The van der Waals surface area contributed by atoms with Crippen molar-refractivity contribution in [2.24, 2.45) is 5.92 Å². The Morgan fingerprint density at radius 2 is 1.25 bits per heavy atom. The van der Waals surface area contributed by atoms with E-state index in [1.165, 1.54) is 0 Å². The van der Waals surface area contributed by atoms with E-state index in [-0.39, 0.29) is 12.8 Å². The van der Waals surface area contributed by atoms with Crippen molar-refractivity contribution in [3.8, 4) is 0 Å². The van der Waals surface area contributed by atoms with Crippen LogP contribution in [0.3, 0.4) is 0 Å². The first-order valence-electron chi connectivity index (χ1n) is 7.40. The number of ketones is 1. The lowest BCUT2D eigenvalue weighted by Crippen LogP contribution is -2.36. The maximum absolute atomic E-state index is 13.6. The summed E-state index contributed by atoms with van der Waals surface area (Å²) in [7, 11) is -3.27. The molecule has 1 aromatic rings. The van der Waals surface area contributed by atoms with Crippen LogP contribution in [0, 0.1) is 35.0 Å². The van der Waals surface area contributed by atoms with Crippen LogP contribution in [0.15, 0.2) is 0 Å². The number of rotatable bonds is 3. The van der Waals surface area contributed by atoms with Crippen LogP contribution in [0.5, 0.6) is 0 Å². The van der Waals surface area contributed by atoms with Gasteiger partial charge in [-0.05, 0) is 25.7 Å². The van der Waals surface area contributed by atoms with Crippen molar-refractivity contribution >= 4 is 15.6 Å². The largest absolute Gasteiger partial charge is 0.299 e. The molecule has 2 saturated heterocycles. The van der Waals surface area contributed by atoms with Crippen LogP contribution in [-0.4, -0.2) is 24.7 Å². The summed E-state index contributed by atoms with van der Waals surface area (Å²) in [6.07, 6.45) is -0.0192. The van der Waals surface area contributed by atoms with Gasteiger partial charge >= 0.3 is 0 Å². The molecule has 1 aromatic carbocycles. The number of hydrogen-bond acceptors (Lipinski definition) is 3. The summed E-state index contributed by atoms with van der Waals surface area (Å²) in [5.74, 6) is -12.0. The minimum atomic E-state index is -3.27. The second-order valence-corrected chi connectivity index (χ2v) is 8.78. The van der Waals surface area contributed by atoms with Gasteiger partial charge in [-0.25, -0.2) is 30.4 Å². The minimum absolute atomic E-state index is 0.0348. The standard InChI is InChI=1S/C15H13F5O3S/c16-11-9(12(17)14(19)15(20)13(11)18)5-10(21)6-3-7-1-2-8(4-6)24(7,22)23/h6-8H,1-5H2. The molecule has 132 valence electrons. The van der Waals surface area contributed by atoms with Gasteiger partial charge in [0.1, 0.15) is 5.78 Å². The molecule has 3 nitrogen and oxygen atoms in total. The molecule has 0 radical (unpaired) electrons. The minimum Gasteiger partial charge on any atom is -0.299 e. The Hall–Kier alpha value is -1.51. The zero-order chi connectivity index (χ0) is 17.8. The number of fused-ring (bicyclic) bond motifs is 2. The molecule has 24 heavy (non-hydrogen) atoms. The first-order chi connectivity index (χ1) is 11.1. The number of hydrogen-bond donors (Lipinski definition) is 0. The van der Waals surface area contributed by atoms with Gasteiger partial charge in [-0.15, -0.1) is 0 Å². The number of benzene rings is 1. The number of carbonyl (C=O) groups is 1. The van der Waals surface area contributed by atoms with Crippen molar-refractivity contribution in [1.29, 1.82) is 0 Å². The lowest BCUT2D eigenvalue weighted by Gasteiger charge is -2.27. The van der Waals surface area contributed by atoms with Gasteiger partial charge in [0.15, 0.2) is 33.1 Å². The van der Waals surface area contributed by atoms with Gasteiger partial charge in [-0.3, -0.25) is 4.79 Å². The summed E-state index contributed by atoms with van der Waals surface area (Å²) in [6.45, 7) is 0. The average Bonchev–Trinajstić information content (AvgIpc) is 2.73. The summed E-state index contributed by atoms with van der Waals surface area (Å²) < 4.78 is 90.6. The summed E-state index contributed by atoms with van der Waals surface area (Å²) in [5, 5.41) is -1.33. The van der Waals surface area contributed by atoms with Crippen molar-refractivity contribution in [1.82, 2.24) is 0 Å². The second-order valence-electron chi connectivity index (χ2n) is 6.27. The zero-order valence-corrected chi connectivity index (χ0v) is 13.1. The number of halogens is 5. The van der Waals surface area contributed by atoms with Gasteiger partial charge in [-0.1, -0.05) is 0 Å². The summed E-state index contributed by atoms with van der Waals surface area (Å²) in [5.41, 5.74) is -1.17. The average molecular weight is 368 g/mol. The Balaban J connectivity index is 1.85. The Morgan fingerprint density at radius 1 is 0.833 bits per heavy atom. The number of carbonyl (C=O) groups excluding carboxylic acids is 1. The molecule has 0 amide bonds. The topological polar surface area (TPSA) is 51.2 Å². The Morgan fingerprint density at radius 3 is 1.71 bits per heavy atom. The lowest BCUT2D eigenvalue weighted by molar-refractivity contribution is -0.122. The third kappa shape index (κ3) is 2.53. The van der Waals surface area contributed by atoms with E-state index in [0.717, 1.165) is 0 Å². The van der Waals surface area contributed by atoms with Crippen LogP contribution in [-0.2, 0) is 21.1 Å². The molecule has 0 saturated carbocycles. The fourth-order valence-electron chi connectivity index (χ4n) is 3.59. The van der Waals surface area contributed by atoms with E-state index in [1.54, 1.807) is 0 Å². The van der Waals surface area contributed by atoms with E-state index >= 15 is 0 Å². The van der Waals surface area contributed by atoms with Crippen LogP contribution < -0.4 is 0 Å². The van der Waals surface area contributed by atoms with E-state index in [0.29, 0.717) is 12.8 Å². The molecule has 2 unspecified atom stereocenters. The third-order valence-corrected chi connectivity index (χ3v) is 7.66. The predicted molar refractivity (Wildman–Crippen MR) is 73.4 cm³/mol. The fourth-order valence-corrected chi connectivity index (χ4v) is 6.07. The summed E-state index contributed by atoms with van der Waals surface area (Å²) >= 11 is 0. The van der Waals surface area contributed by atoms with Gasteiger partial charge in [0.25, 0.3) is 0 Å². The first-order valence-corrected chi connectivity index (χ1v) is 9.01. The lowest BCUT2D eigenvalue weighted by atomic mass is 9.90. The molecule has 9 heteroatoms. The molecule has 2 bridgehead atoms. The van der Waals surface area contributed by atoms with Crippen molar-refractivity contribution in [2.75, 3.05) is 0 Å². The van der Waals surface area contributed by atoms with E-state index in [1.807, 2.05) is 0 Å². The highest BCUT2D eigenvalue weighted by Crippen LogP contribution is 2.41. The zero-order valence-electron chi connectivity index (χ0n) is 12.3. The molecule has 0 N–H and O–H groups in total. The van der Waals surface area contributed by atoms with Crippen LogP contribution in [0.25, 0.3) is 0 Å². The van der Waals surface area contributed by atoms with Gasteiger partial charge in [-0.2, -0.15) is 0 Å². The highest BCUT2D eigenvalue weighted by atomic mass is 32.2. The van der Waals surface area contributed by atoms with E-state index in [9.17, 15) is 35.2 Å². The third-order valence-electron chi connectivity index (χ3n) is 4.94. The maximum Gasteiger partial charge on any atom is 0.200 e. The molecule has 2 aliphatic rings. The normalized spacial score (nSPS) is 28.1. The van der Waals surface area contributed by atoms with Crippen LogP contribution in [0.2, 0.25) is 0 Å². The molecule has 0 spiro atoms. The molecular formula is C15H13F5O3S. The highest BCUT2D eigenvalue weighted by molar-refractivity contribution is 7.93. The Labute approximate surface area is 134 Å². The molecule has 0 aromatic heterocycles. The molecule has 0 aliphatic carbocycles. The summed E-state index contributed by atoms with van der Waals surface area (Å²) in [4.78, 5) is 12.2. The Bertz CT molecular complexity index is 772. The van der Waals surface area contributed by atoms with Crippen molar-refractivity contribution in [3.63, 3.8) is 0 Å². The van der Waals surface area contributed by atoms with Crippen molar-refractivity contribution in [2.45, 2.75) is 42.6 Å². The van der Waals surface area contributed by atoms with Gasteiger partial charge in [0, 0.05) is 17.9 Å². The number of sulfone groups is 1. The number of Topliss-reactive ketones (excluding diaryl/α,β-unsaturated/α-hetero) is 1. The van der Waals surface area contributed by atoms with Crippen molar-refractivity contribution in [3.05, 3.63) is 34.6 Å². The van der Waals surface area contributed by atoms with Gasteiger partial charge in [0.05, 0.1) is 10.5 Å². The molecule has 2 atom stereocenters. The highest BCUT2D eigenvalue weighted by Gasteiger charge is 2.48. The molecule has 2 fully saturated rings. The monoisotopic (exact) mass is 368 g/mol. The van der Waals surface area contributed by atoms with Crippen LogP contribution in [0.4, 0.5) is 22.0 Å². The summed E-state index contributed by atoms with van der Waals surface area (Å²) in [6, 6.07) is 0. The van der Waals surface area contributed by atoms with Crippen LogP contribution in [0.1, 0.15) is 31.2 Å². The van der Waals surface area contributed by atoms with E-state index in [4.69, 9.17) is 0 Å². The predicted octanol–water partition coefficient (Wildman–Crippen LogP) is 2.85. The van der Waals surface area contributed by atoms with E-state index in [2.05, 4.69) is 0 Å². The molecule has 3 rings (SSSR count). The fraction of sp³-hybridized carbons (Fsp3) is 0.533. The Kier molecular flexibility index (Phi) is 4.17. The van der Waals surface area contributed by atoms with Gasteiger partial charge in [0.2, 0.25) is 5.82 Å². The maximum atomic E-state index is 13.6. The SMILES string of the molecule is O=C(Cc1c(F)c(F)c(F)c(F)c1F)C1CC2CCC(C1)S2(=O)=O. The smallest absolute Gasteiger partial charge is 0.200 e. The van der Waals surface area contributed by atoms with Gasteiger partial charge < -0.3 is 0 Å². The molecule has 2 aliphatic heterocycles. The quantitative estimate of drug-likeness (QED) is 0.468. The van der Waals surface area contributed by atoms with Crippen LogP contribution >= 0.6 is 0 Å². The molecule has 2 heterocycles. The molecular weight excluding hydrogens is 355 g/mol. The van der Waals surface area contributed by atoms with Crippen molar-refractivity contribution < 1.29 is 35.2 Å². The second kappa shape index (κ2) is 5.79. The van der Waals surface area contributed by atoms with E-state index < -0.39 is 73.1 Å². The first kappa shape index (κ1) is 17.3.